The summed E-state index contributed by atoms with van der Waals surface area (Å²) in [5.41, 5.74) is 6.94. The Kier molecular flexibility index (Phi) is 3.98. The SMILES string of the molecule is CCOC(=O)c1c(N)c(C(=O)OC(C)(C)C)n2c1CCC2. The number of fused-ring (bicyclic) bond motifs is 1. The molecule has 0 radical (unpaired) electrons. The molecule has 0 atom stereocenters. The summed E-state index contributed by atoms with van der Waals surface area (Å²) in [6.45, 7) is 8.04. The molecule has 2 heterocycles. The van der Waals surface area contributed by atoms with Crippen LogP contribution in [0.1, 0.15) is 60.7 Å². The number of esters is 2. The summed E-state index contributed by atoms with van der Waals surface area (Å²) in [6.07, 6.45) is 1.58. The smallest absolute Gasteiger partial charge is 0.357 e. The minimum absolute atomic E-state index is 0.164. The summed E-state index contributed by atoms with van der Waals surface area (Å²) in [7, 11) is 0. The summed E-state index contributed by atoms with van der Waals surface area (Å²) >= 11 is 0. The molecule has 1 aliphatic heterocycles. The minimum atomic E-state index is -0.614. The molecule has 0 amide bonds. The van der Waals surface area contributed by atoms with Gasteiger partial charge in [0.15, 0.2) is 5.69 Å². The Morgan fingerprint density at radius 2 is 1.95 bits per heavy atom. The molecule has 1 aliphatic rings. The van der Waals surface area contributed by atoms with Gasteiger partial charge in [0.1, 0.15) is 11.2 Å². The molecule has 21 heavy (non-hydrogen) atoms. The second-order valence-corrected chi connectivity index (χ2v) is 6.06. The van der Waals surface area contributed by atoms with Gasteiger partial charge in [0.25, 0.3) is 0 Å². The van der Waals surface area contributed by atoms with Gasteiger partial charge in [0.05, 0.1) is 12.3 Å². The first-order chi connectivity index (χ1) is 9.76. The maximum absolute atomic E-state index is 12.4. The van der Waals surface area contributed by atoms with Crippen LogP contribution in [-0.2, 0) is 22.4 Å². The van der Waals surface area contributed by atoms with Crippen molar-refractivity contribution in [2.75, 3.05) is 12.3 Å². The van der Waals surface area contributed by atoms with E-state index in [9.17, 15) is 9.59 Å². The molecule has 0 bridgehead atoms. The predicted octanol–water partition coefficient (Wildman–Crippen LogP) is 2.15. The molecule has 1 aromatic heterocycles. The van der Waals surface area contributed by atoms with Gasteiger partial charge in [-0.2, -0.15) is 0 Å². The van der Waals surface area contributed by atoms with Crippen molar-refractivity contribution in [2.45, 2.75) is 52.7 Å². The maximum Gasteiger partial charge on any atom is 0.357 e. The van der Waals surface area contributed by atoms with Crippen LogP contribution in [-0.4, -0.2) is 28.7 Å². The lowest BCUT2D eigenvalue weighted by molar-refractivity contribution is 0.00592. The fraction of sp³-hybridized carbons (Fsp3) is 0.600. The molecule has 0 saturated carbocycles. The van der Waals surface area contributed by atoms with Crippen molar-refractivity contribution in [3.05, 3.63) is 17.0 Å². The number of aromatic nitrogens is 1. The Morgan fingerprint density at radius 3 is 2.52 bits per heavy atom. The van der Waals surface area contributed by atoms with Crippen LogP contribution in [0, 0.1) is 0 Å². The third kappa shape index (κ3) is 2.89. The quantitative estimate of drug-likeness (QED) is 0.864. The zero-order valence-electron chi connectivity index (χ0n) is 13.0. The molecule has 0 fully saturated rings. The molecule has 2 N–H and O–H groups in total. The number of anilines is 1. The molecular formula is C15H22N2O4. The Labute approximate surface area is 124 Å². The van der Waals surface area contributed by atoms with Crippen LogP contribution in [0.25, 0.3) is 0 Å². The lowest BCUT2D eigenvalue weighted by Gasteiger charge is -2.20. The third-order valence-electron chi connectivity index (χ3n) is 3.28. The number of carbonyl (C=O) groups is 2. The Bertz CT molecular complexity index is 581. The molecule has 0 aliphatic carbocycles. The zero-order chi connectivity index (χ0) is 15.8. The van der Waals surface area contributed by atoms with Crippen LogP contribution >= 0.6 is 0 Å². The van der Waals surface area contributed by atoms with Gasteiger partial charge < -0.3 is 19.8 Å². The number of hydrogen-bond donors (Lipinski definition) is 1. The number of carbonyl (C=O) groups excluding carboxylic acids is 2. The maximum atomic E-state index is 12.4. The van der Waals surface area contributed by atoms with E-state index in [1.54, 1.807) is 32.3 Å². The highest BCUT2D eigenvalue weighted by molar-refractivity contribution is 6.05. The van der Waals surface area contributed by atoms with E-state index in [4.69, 9.17) is 15.2 Å². The molecule has 1 aromatic rings. The number of nitrogen functional groups attached to an aromatic ring is 1. The van der Waals surface area contributed by atoms with E-state index in [-0.39, 0.29) is 18.0 Å². The normalized spacial score (nSPS) is 13.9. The largest absolute Gasteiger partial charge is 0.462 e. The lowest BCUT2D eigenvalue weighted by atomic mass is 10.1. The van der Waals surface area contributed by atoms with Crippen LogP contribution in [0.4, 0.5) is 5.69 Å². The standard InChI is InChI=1S/C15H22N2O4/c1-5-20-13(18)10-9-7-6-8-17(9)12(11(10)16)14(19)21-15(2,3)4/h5-8,16H2,1-4H3. The van der Waals surface area contributed by atoms with E-state index in [1.165, 1.54) is 0 Å². The second-order valence-electron chi connectivity index (χ2n) is 6.06. The van der Waals surface area contributed by atoms with Crippen molar-refractivity contribution < 1.29 is 19.1 Å². The fourth-order valence-electron chi connectivity index (χ4n) is 2.58. The van der Waals surface area contributed by atoms with Crippen LogP contribution in [0.15, 0.2) is 0 Å². The monoisotopic (exact) mass is 294 g/mol. The van der Waals surface area contributed by atoms with Crippen molar-refractivity contribution in [1.29, 1.82) is 0 Å². The van der Waals surface area contributed by atoms with Crippen molar-refractivity contribution in [3.63, 3.8) is 0 Å². The first-order valence-corrected chi connectivity index (χ1v) is 7.17. The van der Waals surface area contributed by atoms with Crippen molar-refractivity contribution in [3.8, 4) is 0 Å². The van der Waals surface area contributed by atoms with Gasteiger partial charge in [-0.15, -0.1) is 0 Å². The molecular weight excluding hydrogens is 272 g/mol. The summed E-state index contributed by atoms with van der Waals surface area (Å²) < 4.78 is 12.2. The molecule has 0 aromatic carbocycles. The lowest BCUT2D eigenvalue weighted by Crippen LogP contribution is -2.26. The summed E-state index contributed by atoms with van der Waals surface area (Å²) in [5, 5.41) is 0. The van der Waals surface area contributed by atoms with Crippen LogP contribution in [0.2, 0.25) is 0 Å². The second kappa shape index (κ2) is 5.42. The van der Waals surface area contributed by atoms with Crippen LogP contribution in [0.3, 0.4) is 0 Å². The molecule has 6 heteroatoms. The minimum Gasteiger partial charge on any atom is -0.462 e. The van der Waals surface area contributed by atoms with E-state index in [1.807, 2.05) is 0 Å². The highest BCUT2D eigenvalue weighted by Gasteiger charge is 2.34. The molecule has 2 rings (SSSR count). The third-order valence-corrected chi connectivity index (χ3v) is 3.28. The Balaban J connectivity index is 2.46. The Hall–Kier alpha value is -1.98. The van der Waals surface area contributed by atoms with Crippen molar-refractivity contribution >= 4 is 17.6 Å². The number of hydrogen-bond acceptors (Lipinski definition) is 5. The number of nitrogens with zero attached hydrogens (tertiary/aromatic N) is 1. The van der Waals surface area contributed by atoms with Gasteiger partial charge in [0.2, 0.25) is 0 Å². The summed E-state index contributed by atoms with van der Waals surface area (Å²) in [6, 6.07) is 0. The van der Waals surface area contributed by atoms with Gasteiger partial charge in [-0.05, 0) is 40.5 Å². The van der Waals surface area contributed by atoms with Gasteiger partial charge in [0, 0.05) is 12.2 Å². The van der Waals surface area contributed by atoms with E-state index < -0.39 is 17.5 Å². The fourth-order valence-corrected chi connectivity index (χ4v) is 2.58. The molecule has 116 valence electrons. The van der Waals surface area contributed by atoms with Crippen LogP contribution in [0.5, 0.6) is 0 Å². The van der Waals surface area contributed by atoms with Gasteiger partial charge >= 0.3 is 11.9 Å². The van der Waals surface area contributed by atoms with Gasteiger partial charge in [-0.3, -0.25) is 0 Å². The molecule has 6 nitrogen and oxygen atoms in total. The van der Waals surface area contributed by atoms with E-state index >= 15 is 0 Å². The average Bonchev–Trinajstić information content (AvgIpc) is 2.85. The van der Waals surface area contributed by atoms with E-state index in [0.29, 0.717) is 18.5 Å². The molecule has 0 unspecified atom stereocenters. The van der Waals surface area contributed by atoms with Gasteiger partial charge in [-0.1, -0.05) is 0 Å². The van der Waals surface area contributed by atoms with Crippen molar-refractivity contribution in [2.24, 2.45) is 0 Å². The first kappa shape index (κ1) is 15.4. The summed E-state index contributed by atoms with van der Waals surface area (Å²) in [4.78, 5) is 24.4. The molecule has 0 saturated heterocycles. The number of rotatable bonds is 3. The predicted molar refractivity (Wildman–Crippen MR) is 78.3 cm³/mol. The van der Waals surface area contributed by atoms with Crippen molar-refractivity contribution in [1.82, 2.24) is 4.57 Å². The van der Waals surface area contributed by atoms with E-state index in [2.05, 4.69) is 0 Å². The highest BCUT2D eigenvalue weighted by Crippen LogP contribution is 2.33. The Morgan fingerprint density at radius 1 is 1.29 bits per heavy atom. The number of nitrogens with two attached hydrogens (primary N) is 1. The number of ether oxygens (including phenoxy) is 2. The molecule has 0 spiro atoms. The zero-order valence-corrected chi connectivity index (χ0v) is 13.0. The first-order valence-electron chi connectivity index (χ1n) is 7.17. The topological polar surface area (TPSA) is 83.6 Å². The highest BCUT2D eigenvalue weighted by atomic mass is 16.6. The summed E-state index contributed by atoms with van der Waals surface area (Å²) in [5.74, 6) is -0.978. The van der Waals surface area contributed by atoms with E-state index in [0.717, 1.165) is 12.1 Å². The van der Waals surface area contributed by atoms with Gasteiger partial charge in [-0.25, -0.2) is 9.59 Å². The van der Waals surface area contributed by atoms with Crippen LogP contribution < -0.4 is 5.73 Å². The average molecular weight is 294 g/mol.